The van der Waals surface area contributed by atoms with Crippen molar-refractivity contribution < 1.29 is 27.0 Å². The molecule has 2 aliphatic heterocycles. The summed E-state index contributed by atoms with van der Waals surface area (Å²) in [4.78, 5) is 9.23. The number of aryl methyl sites for hydroxylation is 10. The van der Waals surface area contributed by atoms with Crippen molar-refractivity contribution in [3.63, 3.8) is 0 Å². The van der Waals surface area contributed by atoms with Crippen LogP contribution >= 0.6 is 54.6 Å². The molecule has 0 spiro atoms. The van der Waals surface area contributed by atoms with E-state index < -0.39 is 27.0 Å². The average Bonchev–Trinajstić information content (AvgIpc) is 1.53. The second-order valence-corrected chi connectivity index (χ2v) is 48.9. The summed E-state index contributed by atoms with van der Waals surface area (Å²) < 4.78 is 3.85. The molecule has 0 N–H and O–H groups in total. The van der Waals surface area contributed by atoms with E-state index in [1.165, 1.54) is 162 Å². The maximum atomic E-state index is 5.67. The second kappa shape index (κ2) is 41.9. The third kappa shape index (κ3) is 23.8. The van der Waals surface area contributed by atoms with Crippen molar-refractivity contribution in [2.45, 2.75) is 296 Å². The summed E-state index contributed by atoms with van der Waals surface area (Å²) in [5.41, 5.74) is 30.0. The van der Waals surface area contributed by atoms with Gasteiger partial charge in [0, 0.05) is 48.9 Å². The van der Waals surface area contributed by atoms with Crippen LogP contribution in [0.5, 0.6) is 0 Å². The normalized spacial score (nSPS) is 19.5. The van der Waals surface area contributed by atoms with Crippen molar-refractivity contribution >= 4 is 86.6 Å². The quantitative estimate of drug-likeness (QED) is 0.0844. The summed E-state index contributed by atoms with van der Waals surface area (Å²) in [6, 6.07) is 38.3. The molecule has 12 heteroatoms. The number of anilines is 4. The molecule has 4 radical (unpaired) electrons. The van der Waals surface area contributed by atoms with Gasteiger partial charge in [-0.15, -0.1) is 0 Å². The Morgan fingerprint density at radius 1 is 0.294 bits per heavy atom. The van der Waals surface area contributed by atoms with Crippen molar-refractivity contribution in [3.05, 3.63) is 189 Å². The van der Waals surface area contributed by atoms with Crippen LogP contribution < -0.4 is 19.6 Å². The number of rotatable bonds is 13. The van der Waals surface area contributed by atoms with Gasteiger partial charge in [0.25, 0.3) is 0 Å². The van der Waals surface area contributed by atoms with Crippen LogP contribution in [-0.2, 0) is 27.0 Å². The Kier molecular flexibility index (Phi) is 33.7. The third-order valence-corrected chi connectivity index (χ3v) is 35.1. The molecule has 8 aliphatic rings. The molecular weight excluding hydrogens is 1540 g/mol. The van der Waals surface area contributed by atoms with Gasteiger partial charge in [0.1, 0.15) is 0 Å². The number of halogens is 4. The second-order valence-electron chi connectivity index (χ2n) is 31.3. The van der Waals surface area contributed by atoms with Crippen LogP contribution in [0.15, 0.2) is 109 Å². The predicted molar refractivity (Wildman–Crippen MR) is 450 cm³/mol. The monoisotopic (exact) mass is 1670 g/mol. The number of hydrogen-bond acceptors (Lipinski definition) is 4. The summed E-state index contributed by atoms with van der Waals surface area (Å²) in [6.07, 6.45) is 47.2. The van der Waals surface area contributed by atoms with Crippen LogP contribution in [0.4, 0.5) is 22.7 Å². The Hall–Kier alpha value is -2.47. The Morgan fingerprint density at radius 3 is 0.686 bits per heavy atom. The van der Waals surface area contributed by atoms with Gasteiger partial charge in [-0.1, -0.05) is 167 Å². The van der Waals surface area contributed by atoms with E-state index in [1.54, 1.807) is 154 Å². The minimum absolute atomic E-state index is 0.385. The first-order valence-electron chi connectivity index (χ1n) is 39.7. The van der Waals surface area contributed by atoms with E-state index in [0.29, 0.717) is 15.8 Å². The van der Waals surface area contributed by atoms with Crippen LogP contribution in [0.3, 0.4) is 0 Å². The molecule has 0 amide bonds. The summed E-state index contributed by atoms with van der Waals surface area (Å²) in [5, 5.41) is 0. The van der Waals surface area contributed by atoms with Gasteiger partial charge in [0.05, 0.1) is 0 Å². The van der Waals surface area contributed by atoms with E-state index in [4.69, 9.17) is 38.8 Å². The molecule has 0 bridgehead atoms. The standard InChI is InChI=1S/C40H46N4.2C18H33P.2C7H6.4ClH.2Ru/c1-25-15-27(3)37(28(4)16-25)41-11-13-43(23-41)39-31(7)19-35(20-32(39)8)36-21-33(9)40(34(10)22-36)44-14-12-42(24-44)38-29(5)17-26(2)18-30(38)6;2*1-4-10-16(11-5-1)19(17-12-6-2-7-13-17)18-14-8-3-9-15-18;2*1-7-5-3-2-4-6-7;;;;;;/h15-22H,11-14H2,1-10H3;2*16-18H,1-15H2;2*1-6H;4*1H;;/q;;;;;;;;;2*+2/p-4. The molecule has 6 aromatic carbocycles. The zero-order valence-electron chi connectivity index (χ0n) is 64.0. The van der Waals surface area contributed by atoms with Crippen molar-refractivity contribution in [1.82, 2.24) is 0 Å². The summed E-state index contributed by atoms with van der Waals surface area (Å²) in [7, 11) is 23.4. The fourth-order valence-corrected chi connectivity index (χ4v) is 32.1. The van der Waals surface area contributed by atoms with E-state index in [0.717, 1.165) is 37.3 Å². The van der Waals surface area contributed by atoms with Gasteiger partial charge in [0.15, 0.2) is 0 Å². The zero-order chi connectivity index (χ0) is 72.1. The van der Waals surface area contributed by atoms with Gasteiger partial charge in [-0.05, 0) is 260 Å². The molecule has 558 valence electrons. The molecule has 14 rings (SSSR count). The molecule has 6 saturated carbocycles. The topological polar surface area (TPSA) is 13.0 Å². The molecule has 6 aliphatic carbocycles. The summed E-state index contributed by atoms with van der Waals surface area (Å²) >= 11 is -3.23. The molecule has 102 heavy (non-hydrogen) atoms. The SMILES string of the molecule is C1CCC(P(C2CCCCC2)C2CCCCC2)CC1.C1CCC(P(C2CCCCC2)C2CCCCC2)CC1.Cc1cc(C)c(N2[C]N(c3c(C)cc(-c4cc(C)c(N5[C]N(c6c(C)cc(C)cc6C)CC5)c(C)c4)cc3C)CC2)c(C)c1.[Cl][Ru]([Cl])=[CH]c1ccccc1.[Cl][Ru]([Cl])=[CH]c1ccccc1. The van der Waals surface area contributed by atoms with E-state index in [2.05, 4.69) is 151 Å². The Morgan fingerprint density at radius 2 is 0.490 bits per heavy atom. The summed E-state index contributed by atoms with van der Waals surface area (Å²) in [5.74, 6) is 0. The molecule has 0 aromatic heterocycles. The molecule has 6 aromatic rings. The van der Waals surface area contributed by atoms with E-state index in [9.17, 15) is 0 Å². The predicted octanol–water partition coefficient (Wildman–Crippen LogP) is 27.5. The van der Waals surface area contributed by atoms with Crippen molar-refractivity contribution in [2.75, 3.05) is 45.8 Å². The van der Waals surface area contributed by atoms with Gasteiger partial charge in [-0.3, -0.25) is 0 Å². The van der Waals surface area contributed by atoms with Crippen LogP contribution in [0.1, 0.15) is 259 Å². The Labute approximate surface area is 649 Å². The van der Waals surface area contributed by atoms with Gasteiger partial charge >= 0.3 is 147 Å². The van der Waals surface area contributed by atoms with Gasteiger partial charge in [-0.25, -0.2) is 0 Å². The molecule has 2 heterocycles. The first-order valence-corrected chi connectivity index (χ1v) is 53.8. The summed E-state index contributed by atoms with van der Waals surface area (Å²) in [6.45, 7) is 33.3. The Balaban J connectivity index is 0.000000158. The van der Waals surface area contributed by atoms with Crippen molar-refractivity contribution in [2.24, 2.45) is 0 Å². The zero-order valence-corrected chi connectivity index (χ0v) is 72.2. The van der Waals surface area contributed by atoms with E-state index >= 15 is 0 Å². The molecule has 2 saturated heterocycles. The first kappa shape index (κ1) is 82.0. The van der Waals surface area contributed by atoms with Crippen LogP contribution in [0.25, 0.3) is 11.1 Å². The van der Waals surface area contributed by atoms with Gasteiger partial charge in [0.2, 0.25) is 13.3 Å². The fraction of sp³-hybridized carbons (Fsp3) is 0.556. The van der Waals surface area contributed by atoms with Crippen LogP contribution in [0.2, 0.25) is 0 Å². The van der Waals surface area contributed by atoms with E-state index in [-0.39, 0.29) is 0 Å². The molecule has 8 fully saturated rings. The molecule has 0 atom stereocenters. The van der Waals surface area contributed by atoms with Crippen molar-refractivity contribution in [3.8, 4) is 11.1 Å². The molecule has 4 nitrogen and oxygen atoms in total. The maximum absolute atomic E-state index is 5.67. The minimum atomic E-state index is -1.61. The van der Waals surface area contributed by atoms with E-state index in [1.807, 2.05) is 69.9 Å². The van der Waals surface area contributed by atoms with Crippen LogP contribution in [0, 0.1) is 82.6 Å². The number of benzene rings is 6. The number of hydrogen-bond donors (Lipinski definition) is 0. The molecule has 0 unspecified atom stereocenters. The first-order chi connectivity index (χ1) is 49.4. The van der Waals surface area contributed by atoms with Gasteiger partial charge in [-0.2, -0.15) is 0 Å². The third-order valence-electron chi connectivity index (χ3n) is 23.2. The Bertz CT molecular complexity index is 3200. The van der Waals surface area contributed by atoms with Crippen molar-refractivity contribution in [1.29, 1.82) is 0 Å². The fourth-order valence-electron chi connectivity index (χ4n) is 19.1. The molecular formula is C90H124Cl4N4P2Ru2. The van der Waals surface area contributed by atoms with Gasteiger partial charge < -0.3 is 19.6 Å². The average molecular weight is 1670 g/mol. The number of nitrogens with zero attached hydrogens (tertiary/aromatic N) is 4. The van der Waals surface area contributed by atoms with Crippen LogP contribution in [-0.4, -0.2) is 69.4 Å².